The van der Waals surface area contributed by atoms with Crippen LogP contribution in [0.1, 0.15) is 25.8 Å². The van der Waals surface area contributed by atoms with E-state index < -0.39 is 0 Å². The van der Waals surface area contributed by atoms with Gasteiger partial charge in [0.2, 0.25) is 0 Å². The molecule has 2 radical (unpaired) electrons. The lowest BCUT2D eigenvalue weighted by Crippen LogP contribution is -2.41. The van der Waals surface area contributed by atoms with E-state index in [0.29, 0.717) is 0 Å². The molecule has 3 nitrogen and oxygen atoms in total. The molecule has 0 fully saturated rings. The third-order valence-electron chi connectivity index (χ3n) is 4.66. The zero-order chi connectivity index (χ0) is 18.1. The summed E-state index contributed by atoms with van der Waals surface area (Å²) in [7, 11) is 8.09. The first-order valence-electron chi connectivity index (χ1n) is 9.24. The first kappa shape index (κ1) is 19.5. The van der Waals surface area contributed by atoms with Crippen molar-refractivity contribution >= 4 is 19.0 Å². The molecule has 0 unspecified atom stereocenters. The van der Waals surface area contributed by atoms with Crippen LogP contribution in [0.3, 0.4) is 0 Å². The molecular weight excluding hydrogens is 305 g/mol. The van der Waals surface area contributed by atoms with Crippen molar-refractivity contribution in [2.45, 2.75) is 26.8 Å². The Balaban J connectivity index is 2.07. The van der Waals surface area contributed by atoms with E-state index in [-0.39, 0.29) is 0 Å². The first-order chi connectivity index (χ1) is 12.1. The van der Waals surface area contributed by atoms with E-state index in [4.69, 9.17) is 7.85 Å². The highest BCUT2D eigenvalue weighted by atomic mass is 15.6. The third kappa shape index (κ3) is 6.22. The van der Waals surface area contributed by atoms with Crippen LogP contribution in [0.25, 0.3) is 0 Å². The average molecular weight is 335 g/mol. The largest absolute Gasteiger partial charge is 0.309 e. The summed E-state index contributed by atoms with van der Waals surface area (Å²) in [6, 6.07) is 18.7. The zero-order valence-corrected chi connectivity index (χ0v) is 15.9. The first-order valence-corrected chi connectivity index (χ1v) is 9.24. The molecule has 0 spiro atoms. The third-order valence-corrected chi connectivity index (χ3v) is 4.66. The molecule has 0 saturated heterocycles. The van der Waals surface area contributed by atoms with Gasteiger partial charge in [0.15, 0.2) is 0 Å². The van der Waals surface area contributed by atoms with Gasteiger partial charge in [0.1, 0.15) is 7.85 Å². The Kier molecular flexibility index (Phi) is 8.03. The Morgan fingerprint density at radius 2 is 1.60 bits per heavy atom. The van der Waals surface area contributed by atoms with Crippen molar-refractivity contribution in [1.29, 1.82) is 0 Å². The molecule has 2 aromatic carbocycles. The van der Waals surface area contributed by atoms with E-state index in [1.54, 1.807) is 0 Å². The molecule has 0 aromatic heterocycles. The van der Waals surface area contributed by atoms with Crippen LogP contribution in [0.4, 0.5) is 5.69 Å². The van der Waals surface area contributed by atoms with Crippen molar-refractivity contribution in [1.82, 2.24) is 9.91 Å². The van der Waals surface area contributed by atoms with E-state index in [0.717, 1.165) is 50.3 Å². The summed E-state index contributed by atoms with van der Waals surface area (Å²) >= 11 is 0. The lowest BCUT2D eigenvalue weighted by Gasteiger charge is -2.34. The van der Waals surface area contributed by atoms with E-state index in [1.165, 1.54) is 5.56 Å². The molecule has 0 atom stereocenters. The molecule has 0 amide bonds. The summed E-state index contributed by atoms with van der Waals surface area (Å²) < 4.78 is 0. The van der Waals surface area contributed by atoms with Crippen LogP contribution < -0.4 is 10.5 Å². The van der Waals surface area contributed by atoms with Crippen LogP contribution in [0.15, 0.2) is 54.6 Å². The Morgan fingerprint density at radius 1 is 0.880 bits per heavy atom. The summed E-state index contributed by atoms with van der Waals surface area (Å²) in [6.45, 7) is 9.71. The van der Waals surface area contributed by atoms with Gasteiger partial charge in [-0.05, 0) is 43.8 Å². The molecule has 4 heteroatoms. The maximum Gasteiger partial charge on any atom is 0.113 e. The lowest BCUT2D eigenvalue weighted by atomic mass is 9.96. The SMILES string of the molecule is [B]c1cccc(N(C)N(CCCN(CC)CC)Cc2ccccc2)c1. The second kappa shape index (κ2) is 10.3. The maximum absolute atomic E-state index is 5.97. The number of hydrogen-bond acceptors (Lipinski definition) is 3. The summed E-state index contributed by atoms with van der Waals surface area (Å²) in [5.41, 5.74) is 3.24. The fraction of sp³-hybridized carbons (Fsp3) is 0.429. The van der Waals surface area contributed by atoms with Gasteiger partial charge in [0.05, 0.1) is 5.69 Å². The van der Waals surface area contributed by atoms with Gasteiger partial charge in [-0.2, -0.15) is 0 Å². The summed E-state index contributed by atoms with van der Waals surface area (Å²) in [5, 5.41) is 4.62. The smallest absolute Gasteiger partial charge is 0.113 e. The molecule has 0 heterocycles. The standard InChI is InChI=1S/C21H30BN3/c1-4-24(5-2)15-10-16-25(18-19-11-7-6-8-12-19)23(3)21-14-9-13-20(22)17-21/h6-9,11-14,17H,4-5,10,15-16,18H2,1-3H3. The highest BCUT2D eigenvalue weighted by Crippen LogP contribution is 2.16. The van der Waals surface area contributed by atoms with Crippen LogP contribution in [-0.4, -0.2) is 51.0 Å². The van der Waals surface area contributed by atoms with E-state index in [2.05, 4.69) is 72.2 Å². The quantitative estimate of drug-likeness (QED) is 0.488. The molecule has 0 aliphatic heterocycles. The van der Waals surface area contributed by atoms with Gasteiger partial charge in [-0.25, -0.2) is 5.01 Å². The van der Waals surface area contributed by atoms with Crippen molar-refractivity contribution in [2.75, 3.05) is 38.2 Å². The van der Waals surface area contributed by atoms with Crippen LogP contribution >= 0.6 is 0 Å². The Bertz CT molecular complexity index is 614. The fourth-order valence-corrected chi connectivity index (χ4v) is 3.04. The monoisotopic (exact) mass is 335 g/mol. The Labute approximate surface area is 154 Å². The zero-order valence-electron chi connectivity index (χ0n) is 15.9. The second-order valence-corrected chi connectivity index (χ2v) is 6.37. The van der Waals surface area contributed by atoms with Crippen molar-refractivity contribution < 1.29 is 0 Å². The molecule has 2 rings (SSSR count). The van der Waals surface area contributed by atoms with Crippen molar-refractivity contribution in [3.05, 3.63) is 60.2 Å². The Hall–Kier alpha value is -1.78. The normalized spacial score (nSPS) is 11.2. The van der Waals surface area contributed by atoms with Crippen molar-refractivity contribution in [3.63, 3.8) is 0 Å². The highest BCUT2D eigenvalue weighted by Gasteiger charge is 2.13. The van der Waals surface area contributed by atoms with Gasteiger partial charge in [-0.1, -0.05) is 61.8 Å². The van der Waals surface area contributed by atoms with Gasteiger partial charge >= 0.3 is 0 Å². The predicted molar refractivity (Wildman–Crippen MR) is 109 cm³/mol. The van der Waals surface area contributed by atoms with E-state index >= 15 is 0 Å². The summed E-state index contributed by atoms with van der Waals surface area (Å²) in [4.78, 5) is 2.47. The number of hydrazine groups is 1. The topological polar surface area (TPSA) is 9.72 Å². The highest BCUT2D eigenvalue weighted by molar-refractivity contribution is 6.32. The number of anilines is 1. The van der Waals surface area contributed by atoms with Gasteiger partial charge in [-0.15, -0.1) is 0 Å². The predicted octanol–water partition coefficient (Wildman–Crippen LogP) is 3.07. The van der Waals surface area contributed by atoms with Gasteiger partial charge in [0.25, 0.3) is 0 Å². The molecule has 0 bridgehead atoms. The second-order valence-electron chi connectivity index (χ2n) is 6.37. The fourth-order valence-electron chi connectivity index (χ4n) is 3.04. The number of rotatable bonds is 10. The molecule has 0 saturated carbocycles. The molecule has 2 aromatic rings. The molecule has 0 N–H and O–H groups in total. The molecule has 25 heavy (non-hydrogen) atoms. The van der Waals surface area contributed by atoms with Gasteiger partial charge < -0.3 is 9.91 Å². The van der Waals surface area contributed by atoms with Crippen LogP contribution in [0.2, 0.25) is 0 Å². The van der Waals surface area contributed by atoms with E-state index in [1.807, 2.05) is 18.2 Å². The van der Waals surface area contributed by atoms with Crippen LogP contribution in [0, 0.1) is 0 Å². The van der Waals surface area contributed by atoms with E-state index in [9.17, 15) is 0 Å². The number of hydrogen-bond donors (Lipinski definition) is 0. The summed E-state index contributed by atoms with van der Waals surface area (Å²) in [5.74, 6) is 0. The molecular formula is C21H30BN3. The van der Waals surface area contributed by atoms with Gasteiger partial charge in [-0.3, -0.25) is 0 Å². The van der Waals surface area contributed by atoms with Gasteiger partial charge in [0, 0.05) is 20.1 Å². The lowest BCUT2D eigenvalue weighted by molar-refractivity contribution is 0.224. The van der Waals surface area contributed by atoms with Crippen molar-refractivity contribution in [2.24, 2.45) is 0 Å². The minimum Gasteiger partial charge on any atom is -0.309 e. The van der Waals surface area contributed by atoms with Crippen molar-refractivity contribution in [3.8, 4) is 0 Å². The van der Waals surface area contributed by atoms with Crippen LogP contribution in [0.5, 0.6) is 0 Å². The molecule has 0 aliphatic rings. The number of nitrogens with zero attached hydrogens (tertiary/aromatic N) is 3. The van der Waals surface area contributed by atoms with Crippen LogP contribution in [-0.2, 0) is 6.54 Å². The Morgan fingerprint density at radius 3 is 2.24 bits per heavy atom. The molecule has 132 valence electrons. The average Bonchev–Trinajstić information content (AvgIpc) is 2.64. The minimum atomic E-state index is 0.798. The molecule has 0 aliphatic carbocycles. The number of benzene rings is 2. The maximum atomic E-state index is 5.97. The minimum absolute atomic E-state index is 0.798. The summed E-state index contributed by atoms with van der Waals surface area (Å²) in [6.07, 6.45) is 1.14.